The number of benzene rings is 2. The van der Waals surface area contributed by atoms with E-state index in [2.05, 4.69) is 0 Å². The van der Waals surface area contributed by atoms with E-state index in [1.165, 1.54) is 15.3 Å². The highest BCUT2D eigenvalue weighted by Gasteiger charge is 2.30. The van der Waals surface area contributed by atoms with Gasteiger partial charge < -0.3 is 9.64 Å². The maximum absolute atomic E-state index is 14.5. The third-order valence-corrected chi connectivity index (χ3v) is 7.18. The Bertz CT molecular complexity index is 1090. The molecule has 1 fully saturated rings. The van der Waals surface area contributed by atoms with Crippen LogP contribution in [0.2, 0.25) is 0 Å². The lowest BCUT2D eigenvalue weighted by molar-refractivity contribution is 0.0987. The Balaban J connectivity index is 1.94. The largest absolute Gasteiger partial charge is 0.494 e. The van der Waals surface area contributed by atoms with Gasteiger partial charge in [-0.1, -0.05) is 6.42 Å². The van der Waals surface area contributed by atoms with Crippen molar-refractivity contribution in [2.24, 2.45) is 0 Å². The minimum Gasteiger partial charge on any atom is -0.494 e. The number of hydrogen-bond donors (Lipinski definition) is 0. The van der Waals surface area contributed by atoms with Crippen LogP contribution >= 0.6 is 0 Å². The van der Waals surface area contributed by atoms with Gasteiger partial charge in [0.2, 0.25) is 10.0 Å². The van der Waals surface area contributed by atoms with Crippen LogP contribution in [-0.4, -0.2) is 44.9 Å². The summed E-state index contributed by atoms with van der Waals surface area (Å²) in [7, 11) is -4.05. The number of carbonyl (C=O) groups excluding carboxylic acids is 1. The van der Waals surface area contributed by atoms with Crippen LogP contribution in [0.15, 0.2) is 47.4 Å². The number of piperidine rings is 1. The highest BCUT2D eigenvalue weighted by atomic mass is 32.2. The molecule has 0 N–H and O–H groups in total. The van der Waals surface area contributed by atoms with Gasteiger partial charge in [0.15, 0.2) is 0 Å². The van der Waals surface area contributed by atoms with E-state index in [-0.39, 0.29) is 18.5 Å². The Labute approximate surface area is 188 Å². The molecule has 2 aromatic rings. The summed E-state index contributed by atoms with van der Waals surface area (Å²) in [4.78, 5) is 14.2. The molecule has 3 rings (SSSR count). The van der Waals surface area contributed by atoms with Crippen molar-refractivity contribution in [3.63, 3.8) is 0 Å². The molecule has 1 aliphatic heterocycles. The maximum atomic E-state index is 14.5. The van der Waals surface area contributed by atoms with Crippen molar-refractivity contribution >= 4 is 21.6 Å². The Morgan fingerprint density at radius 1 is 1.16 bits per heavy atom. The van der Waals surface area contributed by atoms with Gasteiger partial charge in [0.25, 0.3) is 5.91 Å². The van der Waals surface area contributed by atoms with Crippen LogP contribution in [0.5, 0.6) is 5.75 Å². The molecule has 0 saturated carbocycles. The first-order chi connectivity index (χ1) is 15.4. The second-order valence-corrected chi connectivity index (χ2v) is 9.31. The normalized spacial score (nSPS) is 14.5. The minimum absolute atomic E-state index is 0.0359. The maximum Gasteiger partial charge on any atom is 0.258 e. The fourth-order valence-corrected chi connectivity index (χ4v) is 5.24. The molecular weight excluding hydrogens is 433 g/mol. The number of nitriles is 1. The summed E-state index contributed by atoms with van der Waals surface area (Å²) < 4.78 is 47.2. The summed E-state index contributed by atoms with van der Waals surface area (Å²) in [6, 6.07) is 12.2. The Hall–Kier alpha value is -2.96. The molecule has 32 heavy (non-hydrogen) atoms. The molecule has 170 valence electrons. The second-order valence-electron chi connectivity index (χ2n) is 7.40. The predicted molar refractivity (Wildman–Crippen MR) is 119 cm³/mol. The third-order valence-electron chi connectivity index (χ3n) is 5.26. The zero-order chi connectivity index (χ0) is 23.1. The molecule has 1 aliphatic rings. The zero-order valence-electron chi connectivity index (χ0n) is 18.0. The van der Waals surface area contributed by atoms with Gasteiger partial charge in [0, 0.05) is 30.9 Å². The quantitative estimate of drug-likeness (QED) is 0.596. The molecule has 0 atom stereocenters. The van der Waals surface area contributed by atoms with Crippen LogP contribution in [0.1, 0.15) is 43.0 Å². The summed E-state index contributed by atoms with van der Waals surface area (Å²) in [5, 5.41) is 9.02. The van der Waals surface area contributed by atoms with E-state index >= 15 is 0 Å². The number of nitrogens with zero attached hydrogens (tertiary/aromatic N) is 3. The van der Waals surface area contributed by atoms with Crippen molar-refractivity contribution in [2.75, 3.05) is 31.1 Å². The first-order valence-electron chi connectivity index (χ1n) is 10.6. The third kappa shape index (κ3) is 5.26. The Kier molecular flexibility index (Phi) is 7.83. The minimum atomic E-state index is -4.05. The number of carbonyl (C=O) groups is 1. The van der Waals surface area contributed by atoms with E-state index in [1.54, 1.807) is 24.3 Å². The molecule has 1 amide bonds. The molecule has 0 radical (unpaired) electrons. The summed E-state index contributed by atoms with van der Waals surface area (Å²) >= 11 is 0. The SMILES string of the molecule is CCOc1ccc(N(CCC#N)C(=O)c2ccc(F)c(S(=O)(=O)N3CCCCC3)c2)cc1. The van der Waals surface area contributed by atoms with Gasteiger partial charge in [-0.25, -0.2) is 12.8 Å². The summed E-state index contributed by atoms with van der Waals surface area (Å²) in [5.74, 6) is -0.767. The smallest absolute Gasteiger partial charge is 0.258 e. The van der Waals surface area contributed by atoms with Crippen molar-refractivity contribution < 1.29 is 22.3 Å². The molecule has 0 bridgehead atoms. The number of ether oxygens (including phenoxy) is 1. The van der Waals surface area contributed by atoms with Crippen molar-refractivity contribution in [2.45, 2.75) is 37.5 Å². The monoisotopic (exact) mass is 459 g/mol. The summed E-state index contributed by atoms with van der Waals surface area (Å²) in [5.41, 5.74) is 0.562. The standard InChI is InChI=1S/C23H26FN3O4S/c1-2-31-20-10-8-19(9-11-20)27(16-6-13-25)23(28)18-7-12-21(24)22(17-18)32(29,30)26-14-4-3-5-15-26/h7-12,17H,2-6,14-16H2,1H3. The van der Waals surface area contributed by atoms with Gasteiger partial charge in [0.1, 0.15) is 16.5 Å². The van der Waals surface area contributed by atoms with E-state index < -0.39 is 26.6 Å². The van der Waals surface area contributed by atoms with Crippen molar-refractivity contribution in [3.05, 3.63) is 53.8 Å². The lowest BCUT2D eigenvalue weighted by atomic mass is 10.1. The molecule has 9 heteroatoms. The fourth-order valence-electron chi connectivity index (χ4n) is 3.63. The van der Waals surface area contributed by atoms with Gasteiger partial charge in [-0.3, -0.25) is 4.79 Å². The predicted octanol–water partition coefficient (Wildman–Crippen LogP) is 3.96. The molecule has 2 aromatic carbocycles. The molecule has 0 aliphatic carbocycles. The highest BCUT2D eigenvalue weighted by Crippen LogP contribution is 2.26. The average Bonchev–Trinajstić information content (AvgIpc) is 2.81. The average molecular weight is 460 g/mol. The van der Waals surface area contributed by atoms with E-state index in [0.29, 0.717) is 31.1 Å². The number of anilines is 1. The van der Waals surface area contributed by atoms with Crippen LogP contribution < -0.4 is 9.64 Å². The number of halogens is 1. The molecule has 1 saturated heterocycles. The van der Waals surface area contributed by atoms with Crippen molar-refractivity contribution in [1.29, 1.82) is 5.26 Å². The van der Waals surface area contributed by atoms with Gasteiger partial charge >= 0.3 is 0 Å². The number of amides is 1. The first kappa shape index (κ1) is 23.7. The van der Waals surface area contributed by atoms with E-state index in [1.807, 2.05) is 13.0 Å². The zero-order valence-corrected chi connectivity index (χ0v) is 18.8. The van der Waals surface area contributed by atoms with Crippen molar-refractivity contribution in [1.82, 2.24) is 4.31 Å². The summed E-state index contributed by atoms with van der Waals surface area (Å²) in [6.45, 7) is 3.14. The Morgan fingerprint density at radius 3 is 2.47 bits per heavy atom. The van der Waals surface area contributed by atoms with E-state index in [0.717, 1.165) is 31.4 Å². The molecule has 0 spiro atoms. The van der Waals surface area contributed by atoms with Crippen LogP contribution in [-0.2, 0) is 10.0 Å². The highest BCUT2D eigenvalue weighted by molar-refractivity contribution is 7.89. The molecule has 7 nitrogen and oxygen atoms in total. The number of hydrogen-bond acceptors (Lipinski definition) is 5. The second kappa shape index (κ2) is 10.6. The van der Waals surface area contributed by atoms with E-state index in [9.17, 15) is 17.6 Å². The number of rotatable bonds is 8. The molecule has 1 heterocycles. The molecule has 0 unspecified atom stereocenters. The topological polar surface area (TPSA) is 90.7 Å². The van der Waals surface area contributed by atoms with Crippen LogP contribution in [0, 0.1) is 17.1 Å². The lowest BCUT2D eigenvalue weighted by Crippen LogP contribution is -2.36. The molecule has 0 aromatic heterocycles. The lowest BCUT2D eigenvalue weighted by Gasteiger charge is -2.26. The Morgan fingerprint density at radius 2 is 1.84 bits per heavy atom. The van der Waals surface area contributed by atoms with Crippen LogP contribution in [0.25, 0.3) is 0 Å². The summed E-state index contributed by atoms with van der Waals surface area (Å²) in [6.07, 6.45) is 2.46. The fraction of sp³-hybridized carbons (Fsp3) is 0.391. The first-order valence-corrected chi connectivity index (χ1v) is 12.0. The van der Waals surface area contributed by atoms with Gasteiger partial charge in [-0.2, -0.15) is 9.57 Å². The molecular formula is C23H26FN3O4S. The van der Waals surface area contributed by atoms with Crippen LogP contribution in [0.4, 0.5) is 10.1 Å². The van der Waals surface area contributed by atoms with Gasteiger partial charge in [-0.05, 0) is 62.2 Å². The van der Waals surface area contributed by atoms with Crippen LogP contribution in [0.3, 0.4) is 0 Å². The van der Waals surface area contributed by atoms with Gasteiger partial charge in [0.05, 0.1) is 19.1 Å². The van der Waals surface area contributed by atoms with E-state index in [4.69, 9.17) is 10.00 Å². The van der Waals surface area contributed by atoms with Gasteiger partial charge in [-0.15, -0.1) is 0 Å². The number of sulfonamides is 1. The van der Waals surface area contributed by atoms with Crippen molar-refractivity contribution in [3.8, 4) is 11.8 Å².